The Morgan fingerprint density at radius 1 is 0.952 bits per heavy atom. The summed E-state index contributed by atoms with van der Waals surface area (Å²) >= 11 is 0. The van der Waals surface area contributed by atoms with Gasteiger partial charge in [-0.1, -0.05) is 12.1 Å². The van der Waals surface area contributed by atoms with Crippen LogP contribution in [0.3, 0.4) is 0 Å². The van der Waals surface area contributed by atoms with Crippen LogP contribution in [0.5, 0.6) is 5.75 Å². The molecule has 4 nitrogen and oxygen atoms in total. The smallest absolute Gasteiger partial charge is 0.138 e. The fraction of sp³-hybridized carbons (Fsp3) is 0.353. The largest absolute Gasteiger partial charge is 0.506 e. The second-order valence-electron chi connectivity index (χ2n) is 5.42. The molecule has 21 heavy (non-hydrogen) atoms. The zero-order chi connectivity index (χ0) is 14.5. The van der Waals surface area contributed by atoms with Crippen LogP contribution in [0.1, 0.15) is 5.56 Å². The van der Waals surface area contributed by atoms with E-state index in [9.17, 15) is 5.11 Å². The summed E-state index contributed by atoms with van der Waals surface area (Å²) < 4.78 is 0. The molecule has 1 aromatic heterocycles. The standard InChI is InChI=1S/C17H21N3O/c21-17-4-2-1-3-16(17)20-13-11-19(12-14-20)10-7-15-5-8-18-9-6-15/h1-6,8-9,21H,7,10-14H2. The number of phenols is 1. The normalized spacial score (nSPS) is 16.1. The van der Waals surface area contributed by atoms with Gasteiger partial charge in [0.15, 0.2) is 0 Å². The predicted molar refractivity (Wildman–Crippen MR) is 84.7 cm³/mol. The molecule has 2 aromatic rings. The van der Waals surface area contributed by atoms with Gasteiger partial charge < -0.3 is 10.0 Å². The summed E-state index contributed by atoms with van der Waals surface area (Å²) in [5.41, 5.74) is 2.29. The van der Waals surface area contributed by atoms with Crippen LogP contribution in [-0.4, -0.2) is 47.7 Å². The lowest BCUT2D eigenvalue weighted by molar-refractivity contribution is 0.260. The van der Waals surface area contributed by atoms with E-state index in [0.717, 1.165) is 44.8 Å². The Hall–Kier alpha value is -2.07. The van der Waals surface area contributed by atoms with Gasteiger partial charge in [0.2, 0.25) is 0 Å². The summed E-state index contributed by atoms with van der Waals surface area (Å²) in [5, 5.41) is 9.92. The van der Waals surface area contributed by atoms with Gasteiger partial charge >= 0.3 is 0 Å². The van der Waals surface area contributed by atoms with Gasteiger partial charge in [0.05, 0.1) is 5.69 Å². The van der Waals surface area contributed by atoms with Crippen LogP contribution in [0.2, 0.25) is 0 Å². The molecule has 1 aliphatic heterocycles. The summed E-state index contributed by atoms with van der Waals surface area (Å²) in [5.74, 6) is 0.378. The van der Waals surface area contributed by atoms with Crippen LogP contribution in [0.15, 0.2) is 48.8 Å². The average Bonchev–Trinajstić information content (AvgIpc) is 2.55. The van der Waals surface area contributed by atoms with Crippen molar-refractivity contribution < 1.29 is 5.11 Å². The predicted octanol–water partition coefficient (Wildman–Crippen LogP) is 2.15. The number of hydrogen-bond acceptors (Lipinski definition) is 4. The van der Waals surface area contributed by atoms with Gasteiger partial charge in [-0.05, 0) is 36.2 Å². The number of benzene rings is 1. The molecule has 4 heteroatoms. The Kier molecular flexibility index (Phi) is 4.36. The fourth-order valence-corrected chi connectivity index (χ4v) is 2.78. The maximum Gasteiger partial charge on any atom is 0.138 e. The summed E-state index contributed by atoms with van der Waals surface area (Å²) in [6.45, 7) is 5.10. The SMILES string of the molecule is Oc1ccccc1N1CCN(CCc2ccncc2)CC1. The van der Waals surface area contributed by atoms with E-state index in [-0.39, 0.29) is 0 Å². The zero-order valence-corrected chi connectivity index (χ0v) is 12.2. The molecule has 0 radical (unpaired) electrons. The van der Waals surface area contributed by atoms with Crippen molar-refractivity contribution in [1.29, 1.82) is 0 Å². The number of aromatic hydroxyl groups is 1. The molecule has 3 rings (SSSR count). The number of phenolic OH excluding ortho intramolecular Hbond substituents is 1. The third-order valence-electron chi connectivity index (χ3n) is 4.06. The first-order valence-electron chi connectivity index (χ1n) is 7.47. The second kappa shape index (κ2) is 6.59. The Morgan fingerprint density at radius 3 is 2.38 bits per heavy atom. The highest BCUT2D eigenvalue weighted by Crippen LogP contribution is 2.27. The number of para-hydroxylation sites is 2. The monoisotopic (exact) mass is 283 g/mol. The highest BCUT2D eigenvalue weighted by Gasteiger charge is 2.18. The molecule has 0 amide bonds. The molecule has 1 N–H and O–H groups in total. The number of aromatic nitrogens is 1. The molecule has 0 saturated carbocycles. The van der Waals surface area contributed by atoms with E-state index in [1.165, 1.54) is 5.56 Å². The first-order valence-corrected chi connectivity index (χ1v) is 7.47. The molecule has 0 bridgehead atoms. The Bertz CT molecular complexity index is 565. The summed E-state index contributed by atoms with van der Waals surface area (Å²) in [6.07, 6.45) is 4.77. The molecule has 0 aliphatic carbocycles. The minimum Gasteiger partial charge on any atom is -0.506 e. The first kappa shape index (κ1) is 13.9. The summed E-state index contributed by atoms with van der Waals surface area (Å²) in [4.78, 5) is 8.79. The van der Waals surface area contributed by atoms with E-state index in [0.29, 0.717) is 5.75 Å². The van der Waals surface area contributed by atoms with Crippen molar-refractivity contribution in [2.45, 2.75) is 6.42 Å². The van der Waals surface area contributed by atoms with Crippen molar-refractivity contribution in [2.24, 2.45) is 0 Å². The van der Waals surface area contributed by atoms with Crippen molar-refractivity contribution in [2.75, 3.05) is 37.6 Å². The molecule has 1 aromatic carbocycles. The van der Waals surface area contributed by atoms with Crippen LogP contribution in [0.4, 0.5) is 5.69 Å². The highest BCUT2D eigenvalue weighted by atomic mass is 16.3. The van der Waals surface area contributed by atoms with Crippen molar-refractivity contribution in [3.63, 3.8) is 0 Å². The van der Waals surface area contributed by atoms with E-state index >= 15 is 0 Å². The third-order valence-corrected chi connectivity index (χ3v) is 4.06. The zero-order valence-electron chi connectivity index (χ0n) is 12.2. The molecule has 0 spiro atoms. The number of rotatable bonds is 4. The van der Waals surface area contributed by atoms with Crippen LogP contribution in [0.25, 0.3) is 0 Å². The van der Waals surface area contributed by atoms with Gasteiger partial charge in [-0.25, -0.2) is 0 Å². The van der Waals surface area contributed by atoms with Crippen LogP contribution >= 0.6 is 0 Å². The quantitative estimate of drug-likeness (QED) is 0.933. The summed E-state index contributed by atoms with van der Waals surface area (Å²) in [7, 11) is 0. The first-order chi connectivity index (χ1) is 10.3. The van der Waals surface area contributed by atoms with E-state index in [1.54, 1.807) is 6.07 Å². The van der Waals surface area contributed by atoms with Gasteiger partial charge in [-0.3, -0.25) is 9.88 Å². The van der Waals surface area contributed by atoms with E-state index in [4.69, 9.17) is 0 Å². The summed E-state index contributed by atoms with van der Waals surface area (Å²) in [6, 6.07) is 11.7. The number of nitrogens with zero attached hydrogens (tertiary/aromatic N) is 3. The molecule has 1 saturated heterocycles. The number of pyridine rings is 1. The van der Waals surface area contributed by atoms with E-state index in [2.05, 4.69) is 26.9 Å². The number of anilines is 1. The van der Waals surface area contributed by atoms with Crippen molar-refractivity contribution in [3.05, 3.63) is 54.4 Å². The third kappa shape index (κ3) is 3.52. The maximum absolute atomic E-state index is 9.92. The minimum absolute atomic E-state index is 0.378. The average molecular weight is 283 g/mol. The molecule has 2 heterocycles. The number of piperazine rings is 1. The Morgan fingerprint density at radius 2 is 1.67 bits per heavy atom. The van der Waals surface area contributed by atoms with Crippen molar-refractivity contribution in [3.8, 4) is 5.75 Å². The van der Waals surface area contributed by atoms with Crippen LogP contribution in [-0.2, 0) is 6.42 Å². The van der Waals surface area contributed by atoms with E-state index < -0.39 is 0 Å². The number of hydrogen-bond donors (Lipinski definition) is 1. The van der Waals surface area contributed by atoms with Gasteiger partial charge in [-0.2, -0.15) is 0 Å². The Labute approximate surface area is 125 Å². The van der Waals surface area contributed by atoms with Gasteiger partial charge in [0.25, 0.3) is 0 Å². The molecular weight excluding hydrogens is 262 g/mol. The highest BCUT2D eigenvalue weighted by molar-refractivity contribution is 5.57. The lowest BCUT2D eigenvalue weighted by Crippen LogP contribution is -2.47. The molecule has 1 fully saturated rings. The second-order valence-corrected chi connectivity index (χ2v) is 5.42. The molecule has 110 valence electrons. The molecular formula is C17H21N3O. The van der Waals surface area contributed by atoms with Gasteiger partial charge in [0.1, 0.15) is 5.75 Å². The fourth-order valence-electron chi connectivity index (χ4n) is 2.78. The van der Waals surface area contributed by atoms with Gasteiger partial charge in [0, 0.05) is 45.1 Å². The molecule has 0 atom stereocenters. The van der Waals surface area contributed by atoms with E-state index in [1.807, 2.05) is 30.6 Å². The lowest BCUT2D eigenvalue weighted by Gasteiger charge is -2.36. The van der Waals surface area contributed by atoms with Gasteiger partial charge in [-0.15, -0.1) is 0 Å². The van der Waals surface area contributed by atoms with Crippen molar-refractivity contribution >= 4 is 5.69 Å². The van der Waals surface area contributed by atoms with Crippen molar-refractivity contribution in [1.82, 2.24) is 9.88 Å². The molecule has 0 unspecified atom stereocenters. The molecule has 1 aliphatic rings. The van der Waals surface area contributed by atoms with Crippen LogP contribution in [0, 0.1) is 0 Å². The maximum atomic E-state index is 9.92. The van der Waals surface area contributed by atoms with Crippen LogP contribution < -0.4 is 4.90 Å². The lowest BCUT2D eigenvalue weighted by atomic mass is 10.1. The minimum atomic E-state index is 0.378. The Balaban J connectivity index is 1.50. The topological polar surface area (TPSA) is 39.6 Å².